The Labute approximate surface area is 64.0 Å². The van der Waals surface area contributed by atoms with Gasteiger partial charge in [0.2, 0.25) is 0 Å². The largest absolute Gasteiger partial charge is 0.400 e. The van der Waals surface area contributed by atoms with Gasteiger partial charge in [0.25, 0.3) is 0 Å². The first kappa shape index (κ1) is 12.3. The Hall–Kier alpha value is -0.340. The van der Waals surface area contributed by atoms with Gasteiger partial charge in [-0.2, -0.15) is 0 Å². The topological polar surface area (TPSA) is 32.3 Å². The van der Waals surface area contributed by atoms with Crippen LogP contribution in [0.4, 0.5) is 0 Å². The quantitative estimate of drug-likeness (QED) is 0.501. The summed E-state index contributed by atoms with van der Waals surface area (Å²) in [5.41, 5.74) is 1.34. The summed E-state index contributed by atoms with van der Waals surface area (Å²) in [5, 5.41) is 10.2. The molecule has 2 heteroatoms. The fraction of sp³-hybridized carbons (Fsp3) is 0.750. The molecule has 1 aliphatic rings. The van der Waals surface area contributed by atoms with Gasteiger partial charge < -0.3 is 10.4 Å². The van der Waals surface area contributed by atoms with Crippen LogP contribution in [0.3, 0.4) is 0 Å². The van der Waals surface area contributed by atoms with Crippen LogP contribution in [0.15, 0.2) is 12.2 Å². The van der Waals surface area contributed by atoms with Gasteiger partial charge in [0.05, 0.1) is 0 Å². The Bertz CT molecular complexity index is 63.7. The Morgan fingerprint density at radius 2 is 1.90 bits per heavy atom. The van der Waals surface area contributed by atoms with Gasteiger partial charge in [0.1, 0.15) is 0 Å². The highest BCUT2D eigenvalue weighted by Crippen LogP contribution is 1.99. The molecule has 1 heterocycles. The summed E-state index contributed by atoms with van der Waals surface area (Å²) in [6, 6.07) is 0. The summed E-state index contributed by atoms with van der Waals surface area (Å²) in [6.45, 7) is 9.97. The van der Waals surface area contributed by atoms with Gasteiger partial charge in [-0.15, -0.1) is 0 Å². The summed E-state index contributed by atoms with van der Waals surface area (Å²) in [5.74, 6) is 0. The summed E-state index contributed by atoms with van der Waals surface area (Å²) in [4.78, 5) is 0. The summed E-state index contributed by atoms with van der Waals surface area (Å²) in [6.07, 6.45) is 1.18. The first-order chi connectivity index (χ1) is 4.89. The smallest absolute Gasteiger partial charge is 0.0319 e. The molecule has 62 valence electrons. The molecule has 1 saturated heterocycles. The second-order valence-corrected chi connectivity index (χ2v) is 1.68. The second-order valence-electron chi connectivity index (χ2n) is 1.68. The monoisotopic (exact) mass is 145 g/mol. The molecule has 0 aromatic rings. The van der Waals surface area contributed by atoms with Gasteiger partial charge in [-0.1, -0.05) is 26.0 Å². The highest BCUT2D eigenvalue weighted by Gasteiger charge is 1.99. The molecule has 10 heavy (non-hydrogen) atoms. The zero-order chi connectivity index (χ0) is 8.41. The van der Waals surface area contributed by atoms with E-state index in [2.05, 4.69) is 11.9 Å². The Balaban J connectivity index is 0. The molecular formula is C8H19NO. The van der Waals surface area contributed by atoms with E-state index in [1.807, 2.05) is 13.8 Å². The van der Waals surface area contributed by atoms with Gasteiger partial charge in [-0.25, -0.2) is 0 Å². The molecule has 0 unspecified atom stereocenters. The molecule has 1 rings (SSSR count). The molecule has 0 atom stereocenters. The molecule has 0 radical (unpaired) electrons. The van der Waals surface area contributed by atoms with E-state index in [0.29, 0.717) is 0 Å². The fourth-order valence-corrected chi connectivity index (χ4v) is 0.619. The van der Waals surface area contributed by atoms with Crippen LogP contribution in [0, 0.1) is 0 Å². The van der Waals surface area contributed by atoms with E-state index in [9.17, 15) is 0 Å². The highest BCUT2D eigenvalue weighted by molar-refractivity contribution is 5.01. The number of aliphatic hydroxyl groups is 1. The Morgan fingerprint density at radius 1 is 1.40 bits per heavy atom. The third kappa shape index (κ3) is 7.66. The molecule has 0 bridgehead atoms. The number of rotatable bonds is 0. The van der Waals surface area contributed by atoms with Crippen molar-refractivity contribution in [2.75, 3.05) is 20.2 Å². The van der Waals surface area contributed by atoms with Crippen LogP contribution in [0.2, 0.25) is 0 Å². The minimum Gasteiger partial charge on any atom is -0.400 e. The Morgan fingerprint density at radius 3 is 2.00 bits per heavy atom. The lowest BCUT2D eigenvalue weighted by atomic mass is 10.3. The van der Waals surface area contributed by atoms with Crippen LogP contribution < -0.4 is 5.32 Å². The lowest BCUT2D eigenvalue weighted by molar-refractivity contribution is 0.399. The van der Waals surface area contributed by atoms with Crippen molar-refractivity contribution in [3.05, 3.63) is 12.2 Å². The minimum absolute atomic E-state index is 1.00. The van der Waals surface area contributed by atoms with E-state index >= 15 is 0 Å². The lowest BCUT2D eigenvalue weighted by Crippen LogP contribution is -2.04. The number of hydrogen-bond donors (Lipinski definition) is 2. The normalized spacial score (nSPS) is 14.6. The zero-order valence-electron chi connectivity index (χ0n) is 7.28. The lowest BCUT2D eigenvalue weighted by Gasteiger charge is -1.80. The Kier molecular flexibility index (Phi) is 14.1. The maximum atomic E-state index is 7.00. The van der Waals surface area contributed by atoms with Crippen LogP contribution in [0.25, 0.3) is 0 Å². The number of nitrogens with one attached hydrogen (secondary N) is 1. The van der Waals surface area contributed by atoms with Gasteiger partial charge in [-0.3, -0.25) is 0 Å². The third-order valence-electron chi connectivity index (χ3n) is 1.03. The van der Waals surface area contributed by atoms with Crippen molar-refractivity contribution in [1.82, 2.24) is 5.32 Å². The molecule has 0 spiro atoms. The molecule has 0 saturated carbocycles. The predicted octanol–water partition coefficient (Wildman–Crippen LogP) is 1.17. The van der Waals surface area contributed by atoms with E-state index in [0.717, 1.165) is 20.2 Å². The van der Waals surface area contributed by atoms with Crippen molar-refractivity contribution in [3.63, 3.8) is 0 Å². The van der Waals surface area contributed by atoms with Gasteiger partial charge >= 0.3 is 0 Å². The fourth-order valence-electron chi connectivity index (χ4n) is 0.619. The van der Waals surface area contributed by atoms with Crippen molar-refractivity contribution in [1.29, 1.82) is 0 Å². The third-order valence-corrected chi connectivity index (χ3v) is 1.03. The van der Waals surface area contributed by atoms with E-state index in [4.69, 9.17) is 5.11 Å². The summed E-state index contributed by atoms with van der Waals surface area (Å²) < 4.78 is 0. The molecule has 1 fully saturated rings. The summed E-state index contributed by atoms with van der Waals surface area (Å²) in [7, 11) is 1.00. The molecule has 2 nitrogen and oxygen atoms in total. The maximum absolute atomic E-state index is 7.00. The van der Waals surface area contributed by atoms with Crippen molar-refractivity contribution in [2.24, 2.45) is 0 Å². The van der Waals surface area contributed by atoms with Crippen molar-refractivity contribution in [2.45, 2.75) is 20.3 Å². The van der Waals surface area contributed by atoms with Gasteiger partial charge in [0.15, 0.2) is 0 Å². The number of hydrogen-bond acceptors (Lipinski definition) is 2. The SMILES string of the molecule is C=C1CCNC1.CC.CO. The standard InChI is InChI=1S/C5H9N.C2H6.CH4O/c1-5-2-3-6-4-5;2*1-2/h6H,1-4H2;1-2H3;2H,1H3. The highest BCUT2D eigenvalue weighted by atomic mass is 16.2. The predicted molar refractivity (Wildman–Crippen MR) is 46.1 cm³/mol. The first-order valence-corrected chi connectivity index (χ1v) is 3.71. The molecule has 0 aromatic heterocycles. The molecule has 2 N–H and O–H groups in total. The molecule has 0 amide bonds. The van der Waals surface area contributed by atoms with E-state index in [-0.39, 0.29) is 0 Å². The van der Waals surface area contributed by atoms with Crippen LogP contribution >= 0.6 is 0 Å². The average molecular weight is 145 g/mol. The van der Waals surface area contributed by atoms with Crippen LogP contribution in [0.1, 0.15) is 20.3 Å². The minimum atomic E-state index is 1.00. The maximum Gasteiger partial charge on any atom is 0.0319 e. The van der Waals surface area contributed by atoms with E-state index in [1.165, 1.54) is 12.0 Å². The molecule has 0 aliphatic carbocycles. The zero-order valence-corrected chi connectivity index (χ0v) is 7.28. The van der Waals surface area contributed by atoms with E-state index in [1.54, 1.807) is 0 Å². The van der Waals surface area contributed by atoms with Gasteiger partial charge in [0, 0.05) is 13.7 Å². The van der Waals surface area contributed by atoms with Crippen LogP contribution in [0.5, 0.6) is 0 Å². The van der Waals surface area contributed by atoms with Crippen LogP contribution in [-0.4, -0.2) is 25.3 Å². The molecule has 0 aromatic carbocycles. The van der Waals surface area contributed by atoms with Gasteiger partial charge in [-0.05, 0) is 13.0 Å². The van der Waals surface area contributed by atoms with Crippen LogP contribution in [-0.2, 0) is 0 Å². The van der Waals surface area contributed by atoms with E-state index < -0.39 is 0 Å². The second kappa shape index (κ2) is 11.5. The average Bonchev–Trinajstić information content (AvgIpc) is 2.48. The van der Waals surface area contributed by atoms with Crippen molar-refractivity contribution >= 4 is 0 Å². The summed E-state index contributed by atoms with van der Waals surface area (Å²) >= 11 is 0. The first-order valence-electron chi connectivity index (χ1n) is 3.71. The number of aliphatic hydroxyl groups excluding tert-OH is 1. The molecular weight excluding hydrogens is 126 g/mol. The van der Waals surface area contributed by atoms with Crippen molar-refractivity contribution in [3.8, 4) is 0 Å². The van der Waals surface area contributed by atoms with Crippen molar-refractivity contribution < 1.29 is 5.11 Å². The molecule has 1 aliphatic heterocycles.